The Morgan fingerprint density at radius 2 is 2.05 bits per heavy atom. The van der Waals surface area contributed by atoms with Gasteiger partial charge in [0, 0.05) is 10.5 Å². The number of hydrogen-bond donors (Lipinski definition) is 1. The zero-order valence-corrected chi connectivity index (χ0v) is 13.2. The Balaban J connectivity index is 1.82. The van der Waals surface area contributed by atoms with Crippen LogP contribution in [0.2, 0.25) is 0 Å². The number of ether oxygens (including phenoxy) is 1. The summed E-state index contributed by atoms with van der Waals surface area (Å²) in [5.74, 6) is 3.78. The minimum Gasteiger partial charge on any atom is -0.497 e. The van der Waals surface area contributed by atoms with Gasteiger partial charge in [-0.2, -0.15) is 0 Å². The first-order valence-electron chi connectivity index (χ1n) is 7.29. The minimum absolute atomic E-state index is 0.484. The number of hydrogen-bond acceptors (Lipinski definition) is 2. The lowest BCUT2D eigenvalue weighted by Crippen LogP contribution is -2.28. The van der Waals surface area contributed by atoms with E-state index in [1.165, 1.54) is 29.3 Å². The van der Waals surface area contributed by atoms with E-state index in [0.29, 0.717) is 6.04 Å². The molecule has 0 aromatic heterocycles. The summed E-state index contributed by atoms with van der Waals surface area (Å²) < 4.78 is 6.45. The Morgan fingerprint density at radius 3 is 2.63 bits per heavy atom. The Bertz CT molecular complexity index is 452. The number of halogens is 1. The topological polar surface area (TPSA) is 21.3 Å². The van der Waals surface area contributed by atoms with Crippen LogP contribution >= 0.6 is 15.9 Å². The lowest BCUT2D eigenvalue weighted by Gasteiger charge is -2.27. The highest BCUT2D eigenvalue weighted by atomic mass is 79.9. The molecule has 2 aliphatic rings. The standard InChI is InChI=1S/C16H22BrNO/c1-3-18-16(12-7-10-6-11(10)8-12)14-5-4-13(19-2)9-15(14)17/h4-5,9-12,16,18H,3,6-8H2,1-2H3. The van der Waals surface area contributed by atoms with Crippen LogP contribution in [0.25, 0.3) is 0 Å². The van der Waals surface area contributed by atoms with Crippen molar-refractivity contribution in [3.63, 3.8) is 0 Å². The molecule has 3 atom stereocenters. The molecule has 2 fully saturated rings. The molecule has 2 nitrogen and oxygen atoms in total. The van der Waals surface area contributed by atoms with Gasteiger partial charge in [0.15, 0.2) is 0 Å². The monoisotopic (exact) mass is 323 g/mol. The molecule has 0 radical (unpaired) electrons. The summed E-state index contributed by atoms with van der Waals surface area (Å²) in [5, 5.41) is 3.69. The second-order valence-electron chi connectivity index (χ2n) is 5.91. The highest BCUT2D eigenvalue weighted by molar-refractivity contribution is 9.10. The fourth-order valence-electron chi connectivity index (χ4n) is 3.67. The van der Waals surface area contributed by atoms with Crippen molar-refractivity contribution in [1.29, 1.82) is 0 Å². The van der Waals surface area contributed by atoms with Crippen molar-refractivity contribution in [2.45, 2.75) is 32.2 Å². The Kier molecular flexibility index (Phi) is 3.86. The molecule has 1 N–H and O–H groups in total. The van der Waals surface area contributed by atoms with Crippen molar-refractivity contribution in [3.05, 3.63) is 28.2 Å². The molecule has 2 saturated carbocycles. The van der Waals surface area contributed by atoms with Crippen LogP contribution in [0.1, 0.15) is 37.8 Å². The molecule has 3 rings (SSSR count). The summed E-state index contributed by atoms with van der Waals surface area (Å²) in [7, 11) is 1.72. The SMILES string of the molecule is CCNC(c1ccc(OC)cc1Br)C1CC2CC2C1. The highest BCUT2D eigenvalue weighted by Gasteiger charge is 2.48. The first-order chi connectivity index (χ1) is 9.22. The molecule has 0 spiro atoms. The van der Waals surface area contributed by atoms with E-state index in [0.717, 1.165) is 30.0 Å². The van der Waals surface area contributed by atoms with Gasteiger partial charge in [0.2, 0.25) is 0 Å². The van der Waals surface area contributed by atoms with Gasteiger partial charge in [-0.15, -0.1) is 0 Å². The molecular weight excluding hydrogens is 302 g/mol. The first-order valence-corrected chi connectivity index (χ1v) is 8.09. The summed E-state index contributed by atoms with van der Waals surface area (Å²) in [6, 6.07) is 6.84. The fraction of sp³-hybridized carbons (Fsp3) is 0.625. The lowest BCUT2D eigenvalue weighted by molar-refractivity contribution is 0.345. The molecule has 3 unspecified atom stereocenters. The largest absolute Gasteiger partial charge is 0.497 e. The first kappa shape index (κ1) is 13.4. The minimum atomic E-state index is 0.484. The van der Waals surface area contributed by atoms with Crippen LogP contribution < -0.4 is 10.1 Å². The van der Waals surface area contributed by atoms with Gasteiger partial charge in [-0.25, -0.2) is 0 Å². The normalized spacial score (nSPS) is 29.9. The third-order valence-electron chi connectivity index (χ3n) is 4.72. The van der Waals surface area contributed by atoms with Crippen molar-refractivity contribution in [1.82, 2.24) is 5.32 Å². The van der Waals surface area contributed by atoms with Crippen LogP contribution in [0, 0.1) is 17.8 Å². The molecule has 3 heteroatoms. The second kappa shape index (κ2) is 5.45. The number of fused-ring (bicyclic) bond motifs is 1. The van der Waals surface area contributed by atoms with E-state index in [4.69, 9.17) is 4.74 Å². The van der Waals surface area contributed by atoms with Gasteiger partial charge >= 0.3 is 0 Å². The van der Waals surface area contributed by atoms with Gasteiger partial charge in [-0.1, -0.05) is 28.9 Å². The molecule has 104 valence electrons. The maximum absolute atomic E-state index is 5.29. The van der Waals surface area contributed by atoms with Gasteiger partial charge in [0.1, 0.15) is 5.75 Å². The smallest absolute Gasteiger partial charge is 0.120 e. The van der Waals surface area contributed by atoms with Crippen molar-refractivity contribution in [2.24, 2.45) is 17.8 Å². The van der Waals surface area contributed by atoms with Gasteiger partial charge in [-0.05, 0) is 61.3 Å². The summed E-state index contributed by atoms with van der Waals surface area (Å²) in [6.07, 6.45) is 4.29. The number of rotatable bonds is 5. The van der Waals surface area contributed by atoms with Crippen molar-refractivity contribution in [3.8, 4) is 5.75 Å². The van der Waals surface area contributed by atoms with E-state index in [-0.39, 0.29) is 0 Å². The quantitative estimate of drug-likeness (QED) is 0.878. The van der Waals surface area contributed by atoms with Crippen LogP contribution in [0.3, 0.4) is 0 Å². The molecule has 2 aliphatic carbocycles. The van der Waals surface area contributed by atoms with Gasteiger partial charge in [0.25, 0.3) is 0 Å². The van der Waals surface area contributed by atoms with E-state index < -0.39 is 0 Å². The molecule has 0 amide bonds. The Hall–Kier alpha value is -0.540. The van der Waals surface area contributed by atoms with Crippen molar-refractivity contribution in [2.75, 3.05) is 13.7 Å². The molecule has 0 bridgehead atoms. The second-order valence-corrected chi connectivity index (χ2v) is 6.76. The van der Waals surface area contributed by atoms with Crippen molar-refractivity contribution < 1.29 is 4.74 Å². The van der Waals surface area contributed by atoms with E-state index in [1.807, 2.05) is 0 Å². The maximum atomic E-state index is 5.29. The van der Waals surface area contributed by atoms with Crippen LogP contribution in [0.15, 0.2) is 22.7 Å². The zero-order valence-electron chi connectivity index (χ0n) is 11.7. The van der Waals surface area contributed by atoms with Crippen LogP contribution in [0.5, 0.6) is 5.75 Å². The predicted octanol–water partition coefficient (Wildman–Crippen LogP) is 4.15. The number of nitrogens with one attached hydrogen (secondary N) is 1. The average molecular weight is 324 g/mol. The Morgan fingerprint density at radius 1 is 1.32 bits per heavy atom. The van der Waals surface area contributed by atoms with E-state index >= 15 is 0 Å². The van der Waals surface area contributed by atoms with Gasteiger partial charge < -0.3 is 10.1 Å². The third-order valence-corrected chi connectivity index (χ3v) is 5.40. The van der Waals surface area contributed by atoms with E-state index in [2.05, 4.69) is 46.4 Å². The third kappa shape index (κ3) is 2.68. The number of benzene rings is 1. The molecule has 0 heterocycles. The lowest BCUT2D eigenvalue weighted by atomic mass is 9.89. The molecule has 19 heavy (non-hydrogen) atoms. The maximum Gasteiger partial charge on any atom is 0.120 e. The Labute approximate surface area is 124 Å². The average Bonchev–Trinajstić information content (AvgIpc) is 3.03. The summed E-state index contributed by atoms with van der Waals surface area (Å²) >= 11 is 3.71. The molecule has 1 aromatic rings. The van der Waals surface area contributed by atoms with E-state index in [9.17, 15) is 0 Å². The van der Waals surface area contributed by atoms with Crippen molar-refractivity contribution >= 4 is 15.9 Å². The molecule has 0 saturated heterocycles. The van der Waals surface area contributed by atoms with Gasteiger partial charge in [0.05, 0.1) is 7.11 Å². The van der Waals surface area contributed by atoms with Gasteiger partial charge in [-0.3, -0.25) is 0 Å². The van der Waals surface area contributed by atoms with Crippen LogP contribution in [0.4, 0.5) is 0 Å². The highest BCUT2D eigenvalue weighted by Crippen LogP contribution is 2.57. The summed E-state index contributed by atoms with van der Waals surface area (Å²) in [6.45, 7) is 3.22. The molecular formula is C16H22BrNO. The summed E-state index contributed by atoms with van der Waals surface area (Å²) in [5.41, 5.74) is 1.38. The zero-order chi connectivity index (χ0) is 13.4. The van der Waals surface area contributed by atoms with Crippen LogP contribution in [-0.4, -0.2) is 13.7 Å². The van der Waals surface area contributed by atoms with Crippen LogP contribution in [-0.2, 0) is 0 Å². The molecule has 0 aliphatic heterocycles. The predicted molar refractivity (Wildman–Crippen MR) is 81.4 cm³/mol. The summed E-state index contributed by atoms with van der Waals surface area (Å²) in [4.78, 5) is 0. The number of methoxy groups -OCH3 is 1. The molecule has 1 aromatic carbocycles. The fourth-order valence-corrected chi connectivity index (χ4v) is 4.28. The van der Waals surface area contributed by atoms with E-state index in [1.54, 1.807) is 7.11 Å².